The molecule has 2 amide bonds. The van der Waals surface area contributed by atoms with Gasteiger partial charge in [0.2, 0.25) is 5.91 Å². The van der Waals surface area contributed by atoms with Gasteiger partial charge in [0.05, 0.1) is 20.3 Å². The van der Waals surface area contributed by atoms with Gasteiger partial charge in [-0.25, -0.2) is 0 Å². The number of ether oxygens (including phenoxy) is 3. The van der Waals surface area contributed by atoms with Crippen LogP contribution in [0.2, 0.25) is 0 Å². The summed E-state index contributed by atoms with van der Waals surface area (Å²) in [6.45, 7) is 7.70. The fourth-order valence-electron chi connectivity index (χ4n) is 4.92. The number of unbranched alkanes of at least 4 members (excludes halogenated alkanes) is 1. The third kappa shape index (κ3) is 7.73. The topological polar surface area (TPSA) is 73.9 Å². The minimum Gasteiger partial charge on any atom is -0.496 e. The summed E-state index contributed by atoms with van der Waals surface area (Å²) in [4.78, 5) is 23.5. The number of allylic oxidation sites excluding steroid dienone is 1. The van der Waals surface area contributed by atoms with Crippen molar-refractivity contribution < 1.29 is 23.8 Å². The lowest BCUT2D eigenvalue weighted by atomic mass is 9.90. The van der Waals surface area contributed by atoms with Crippen LogP contribution in [0.4, 0.5) is 4.79 Å². The third-order valence-electron chi connectivity index (χ3n) is 7.12. The number of rotatable bonds is 14. The number of imide groups is 1. The second-order valence-corrected chi connectivity index (χ2v) is 11.1. The van der Waals surface area contributed by atoms with Crippen LogP contribution >= 0.6 is 11.8 Å². The number of para-hydroxylation sites is 1. The van der Waals surface area contributed by atoms with E-state index < -0.39 is 5.25 Å². The number of carbonyl (C=O) groups excluding carboxylic acids is 2. The largest absolute Gasteiger partial charge is 0.496 e. The van der Waals surface area contributed by atoms with Crippen molar-refractivity contribution in [1.29, 1.82) is 0 Å². The first-order chi connectivity index (χ1) is 19.9. The molecule has 1 aliphatic heterocycles. The van der Waals surface area contributed by atoms with Crippen molar-refractivity contribution in [1.82, 2.24) is 5.32 Å². The maximum Gasteiger partial charge on any atom is 0.286 e. The minimum atomic E-state index is -0.518. The van der Waals surface area contributed by atoms with E-state index in [-0.39, 0.29) is 11.1 Å². The van der Waals surface area contributed by atoms with Gasteiger partial charge >= 0.3 is 0 Å². The Morgan fingerprint density at radius 1 is 0.902 bits per heavy atom. The monoisotopic (exact) mass is 573 g/mol. The summed E-state index contributed by atoms with van der Waals surface area (Å²) in [6.07, 6.45) is 4.61. The summed E-state index contributed by atoms with van der Waals surface area (Å²) < 4.78 is 17.9. The van der Waals surface area contributed by atoms with E-state index in [1.165, 1.54) is 22.3 Å². The lowest BCUT2D eigenvalue weighted by Crippen LogP contribution is -2.20. The first-order valence-electron chi connectivity index (χ1n) is 14.3. The van der Waals surface area contributed by atoms with E-state index in [4.69, 9.17) is 14.2 Å². The van der Waals surface area contributed by atoms with Crippen LogP contribution in [0.3, 0.4) is 0 Å². The van der Waals surface area contributed by atoms with Gasteiger partial charge in [-0.15, -0.1) is 0 Å². The molecule has 1 fully saturated rings. The summed E-state index contributed by atoms with van der Waals surface area (Å²) in [5.74, 6) is 2.22. The Bertz CT molecular complexity index is 1400. The fraction of sp³-hybridized carbons (Fsp3) is 0.353. The number of thioether (sulfide) groups is 1. The number of benzene rings is 3. The van der Waals surface area contributed by atoms with Gasteiger partial charge in [-0.1, -0.05) is 62.2 Å². The molecule has 7 heteroatoms. The Morgan fingerprint density at radius 3 is 2.39 bits per heavy atom. The molecule has 0 saturated carbocycles. The molecule has 6 nitrogen and oxygen atoms in total. The Balaban J connectivity index is 1.35. The van der Waals surface area contributed by atoms with Gasteiger partial charge in [0.25, 0.3) is 5.24 Å². The average molecular weight is 574 g/mol. The highest BCUT2D eigenvalue weighted by molar-refractivity contribution is 8.15. The SMILES string of the molecule is CCCc1cc(/C(=C(/C)CC)c2ccccc2OC)ccc1OCCCCOc1cccc(C2SC(=O)NC2=O)c1. The predicted molar refractivity (Wildman–Crippen MR) is 166 cm³/mol. The lowest BCUT2D eigenvalue weighted by Gasteiger charge is -2.18. The van der Waals surface area contributed by atoms with Crippen LogP contribution in [-0.2, 0) is 11.2 Å². The smallest absolute Gasteiger partial charge is 0.286 e. The molecule has 1 heterocycles. The number of amides is 2. The van der Waals surface area contributed by atoms with E-state index in [0.29, 0.717) is 19.0 Å². The van der Waals surface area contributed by atoms with Crippen molar-refractivity contribution in [2.75, 3.05) is 20.3 Å². The van der Waals surface area contributed by atoms with Crippen molar-refractivity contribution in [3.8, 4) is 17.2 Å². The van der Waals surface area contributed by atoms with Gasteiger partial charge in [-0.2, -0.15) is 0 Å². The molecule has 1 atom stereocenters. The van der Waals surface area contributed by atoms with Crippen LogP contribution in [0.15, 0.2) is 72.3 Å². The summed E-state index contributed by atoms with van der Waals surface area (Å²) in [5, 5.41) is 1.50. The normalized spacial score (nSPS) is 15.4. The maximum atomic E-state index is 12.0. The molecule has 1 aliphatic rings. The molecule has 216 valence electrons. The highest BCUT2D eigenvalue weighted by Gasteiger charge is 2.33. The van der Waals surface area contributed by atoms with Crippen LogP contribution < -0.4 is 19.5 Å². The zero-order chi connectivity index (χ0) is 29.2. The van der Waals surface area contributed by atoms with Crippen LogP contribution in [0.5, 0.6) is 17.2 Å². The van der Waals surface area contributed by atoms with Gasteiger partial charge < -0.3 is 14.2 Å². The summed E-state index contributed by atoms with van der Waals surface area (Å²) in [7, 11) is 1.72. The highest BCUT2D eigenvalue weighted by atomic mass is 32.2. The number of nitrogens with one attached hydrogen (secondary N) is 1. The second kappa shape index (κ2) is 14.8. The Hall–Kier alpha value is -3.71. The second-order valence-electron chi connectivity index (χ2n) is 10.0. The first kappa shape index (κ1) is 30.3. The zero-order valence-electron chi connectivity index (χ0n) is 24.3. The molecule has 1 N–H and O–H groups in total. The Morgan fingerprint density at radius 2 is 1.68 bits per heavy atom. The van der Waals surface area contributed by atoms with Crippen LogP contribution in [0.1, 0.15) is 74.0 Å². The van der Waals surface area contributed by atoms with Crippen LogP contribution in [0.25, 0.3) is 5.57 Å². The molecule has 0 radical (unpaired) electrons. The molecule has 0 bridgehead atoms. The van der Waals surface area contributed by atoms with E-state index in [0.717, 1.165) is 66.5 Å². The van der Waals surface area contributed by atoms with Gasteiger partial charge in [0.15, 0.2) is 0 Å². The van der Waals surface area contributed by atoms with E-state index in [2.05, 4.69) is 56.4 Å². The van der Waals surface area contributed by atoms with Gasteiger partial charge in [-0.05, 0) is 97.0 Å². The first-order valence-corrected chi connectivity index (χ1v) is 15.2. The number of hydrogen-bond acceptors (Lipinski definition) is 6. The van der Waals surface area contributed by atoms with Crippen LogP contribution in [0, 0.1) is 0 Å². The molecule has 4 rings (SSSR count). The molecule has 3 aromatic rings. The number of carbonyl (C=O) groups is 2. The van der Waals surface area contributed by atoms with Crippen molar-refractivity contribution in [2.24, 2.45) is 0 Å². The lowest BCUT2D eigenvalue weighted by molar-refractivity contribution is -0.119. The molecule has 41 heavy (non-hydrogen) atoms. The van der Waals surface area contributed by atoms with Gasteiger partial charge in [0.1, 0.15) is 22.5 Å². The van der Waals surface area contributed by atoms with Crippen molar-refractivity contribution in [2.45, 2.75) is 58.1 Å². The van der Waals surface area contributed by atoms with Crippen LogP contribution in [-0.4, -0.2) is 31.5 Å². The summed E-state index contributed by atoms with van der Waals surface area (Å²) in [6, 6.07) is 22.1. The van der Waals surface area contributed by atoms with Gasteiger partial charge in [-0.3, -0.25) is 14.9 Å². The van der Waals surface area contributed by atoms with Crippen molar-refractivity contribution >= 4 is 28.5 Å². The molecular formula is C34H39NO5S. The highest BCUT2D eigenvalue weighted by Crippen LogP contribution is 2.37. The number of hydrogen-bond donors (Lipinski definition) is 1. The van der Waals surface area contributed by atoms with Gasteiger partial charge in [0, 0.05) is 5.56 Å². The standard InChI is InChI=1S/C34H39NO5S/c1-5-12-24-21-25(31(23(3)6-2)28-15-7-8-16-30(28)38-4)17-18-29(24)40-20-10-9-19-39-27-14-11-13-26(22-27)32-33(36)35-34(37)41-32/h7-8,11,13-18,21-22,32H,5-6,9-10,12,19-20H2,1-4H3,(H,35,36,37)/b31-23+. The Kier molecular flexibility index (Phi) is 10.9. The van der Waals surface area contributed by atoms with E-state index >= 15 is 0 Å². The number of methoxy groups -OCH3 is 1. The van der Waals surface area contributed by atoms with Crippen molar-refractivity contribution in [3.63, 3.8) is 0 Å². The molecular weight excluding hydrogens is 534 g/mol. The van der Waals surface area contributed by atoms with E-state index in [9.17, 15) is 9.59 Å². The zero-order valence-corrected chi connectivity index (χ0v) is 25.1. The average Bonchev–Trinajstić information content (AvgIpc) is 3.33. The molecule has 1 unspecified atom stereocenters. The molecule has 3 aromatic carbocycles. The predicted octanol–water partition coefficient (Wildman–Crippen LogP) is 8.14. The molecule has 0 spiro atoms. The molecule has 1 saturated heterocycles. The van der Waals surface area contributed by atoms with E-state index in [1.807, 2.05) is 36.4 Å². The summed E-state index contributed by atoms with van der Waals surface area (Å²) in [5.41, 5.74) is 6.79. The fourth-order valence-corrected chi connectivity index (χ4v) is 5.74. The third-order valence-corrected chi connectivity index (χ3v) is 8.15. The maximum absolute atomic E-state index is 12.0. The van der Waals surface area contributed by atoms with E-state index in [1.54, 1.807) is 7.11 Å². The van der Waals surface area contributed by atoms with Crippen molar-refractivity contribution in [3.05, 3.63) is 94.6 Å². The molecule has 0 aromatic heterocycles. The number of aryl methyl sites for hydroxylation is 1. The Labute approximate surface area is 247 Å². The quantitative estimate of drug-likeness (QED) is 0.196. The molecule has 0 aliphatic carbocycles. The minimum absolute atomic E-state index is 0.280. The summed E-state index contributed by atoms with van der Waals surface area (Å²) >= 11 is 0.998.